The molecular weight excluding hydrogens is 240 g/mol. The van der Waals surface area contributed by atoms with E-state index in [0.29, 0.717) is 0 Å². The molecule has 4 bridgehead atoms. The lowest BCUT2D eigenvalue weighted by atomic mass is 9.53. The molecule has 0 aliphatic heterocycles. The van der Waals surface area contributed by atoms with Crippen LogP contribution in [0.2, 0.25) is 0 Å². The van der Waals surface area contributed by atoms with Gasteiger partial charge in [0.1, 0.15) is 0 Å². The predicted molar refractivity (Wildman–Crippen MR) is 74.3 cm³/mol. The number of hydrogen-bond acceptors (Lipinski definition) is 0. The molecule has 8 aliphatic rings. The molecule has 20 heavy (non-hydrogen) atoms. The molecule has 8 saturated carbocycles. The van der Waals surface area contributed by atoms with Crippen LogP contribution in [0.15, 0.2) is 0 Å². The third-order valence-corrected chi connectivity index (χ3v) is 11.9. The Bertz CT molecular complexity index is 497. The van der Waals surface area contributed by atoms with Crippen LogP contribution in [0.1, 0.15) is 25.7 Å². The van der Waals surface area contributed by atoms with E-state index in [9.17, 15) is 0 Å². The van der Waals surface area contributed by atoms with Gasteiger partial charge in [0.05, 0.1) is 0 Å². The van der Waals surface area contributed by atoms with Gasteiger partial charge in [-0.3, -0.25) is 0 Å². The Morgan fingerprint density at radius 1 is 0.250 bits per heavy atom. The molecule has 0 aromatic heterocycles. The van der Waals surface area contributed by atoms with E-state index < -0.39 is 0 Å². The Balaban J connectivity index is 1.48. The minimum atomic E-state index is 1.26. The van der Waals surface area contributed by atoms with Crippen molar-refractivity contribution in [3.05, 3.63) is 0 Å². The van der Waals surface area contributed by atoms with Crippen LogP contribution in [0.3, 0.4) is 0 Å². The summed E-state index contributed by atoms with van der Waals surface area (Å²) in [7, 11) is 0. The summed E-state index contributed by atoms with van der Waals surface area (Å²) in [6, 6.07) is 0. The number of fused-ring (bicyclic) bond motifs is 19. The van der Waals surface area contributed by atoms with E-state index in [4.69, 9.17) is 0 Å². The molecule has 8 aliphatic carbocycles. The van der Waals surface area contributed by atoms with Crippen molar-refractivity contribution in [2.75, 3.05) is 0 Å². The minimum Gasteiger partial charge on any atom is -0.0464 e. The molecule has 8 rings (SSSR count). The van der Waals surface area contributed by atoms with Crippen LogP contribution in [0.4, 0.5) is 0 Å². The molecule has 0 unspecified atom stereocenters. The van der Waals surface area contributed by atoms with E-state index in [0.717, 1.165) is 0 Å². The van der Waals surface area contributed by atoms with Crippen molar-refractivity contribution >= 4 is 0 Å². The van der Waals surface area contributed by atoms with Gasteiger partial charge in [0.2, 0.25) is 0 Å². The Morgan fingerprint density at radius 3 is 0.550 bits per heavy atom. The Morgan fingerprint density at radius 2 is 0.400 bits per heavy atom. The van der Waals surface area contributed by atoms with Crippen molar-refractivity contribution in [2.24, 2.45) is 94.7 Å². The van der Waals surface area contributed by atoms with E-state index in [2.05, 4.69) is 0 Å². The SMILES string of the molecule is C1C2C3C4CC5C3C1C1C3CC6C7C(CC(C37)C21)C4C65. The monoisotopic (exact) mass is 264 g/mol. The average Bonchev–Trinajstić information content (AvgIpc) is 3.14. The maximum Gasteiger partial charge on any atom is -0.0318 e. The number of hydrogen-bond donors (Lipinski definition) is 0. The fourth-order valence-corrected chi connectivity index (χ4v) is 12.9. The van der Waals surface area contributed by atoms with E-state index in [1.807, 2.05) is 0 Å². The second-order valence-corrected chi connectivity index (χ2v) is 10.9. The first kappa shape index (κ1) is 9.21. The Labute approximate surface area is 121 Å². The zero-order valence-electron chi connectivity index (χ0n) is 12.1. The van der Waals surface area contributed by atoms with Gasteiger partial charge in [-0.05, 0) is 120 Å². The van der Waals surface area contributed by atoms with E-state index in [1.54, 1.807) is 25.7 Å². The van der Waals surface area contributed by atoms with Gasteiger partial charge in [-0.25, -0.2) is 0 Å². The van der Waals surface area contributed by atoms with Crippen molar-refractivity contribution in [3.8, 4) is 0 Å². The summed E-state index contributed by atoms with van der Waals surface area (Å²) >= 11 is 0. The average molecular weight is 264 g/mol. The van der Waals surface area contributed by atoms with Crippen LogP contribution < -0.4 is 0 Å². The van der Waals surface area contributed by atoms with Crippen molar-refractivity contribution < 1.29 is 0 Å². The smallest absolute Gasteiger partial charge is 0.0318 e. The van der Waals surface area contributed by atoms with Crippen molar-refractivity contribution in [1.29, 1.82) is 0 Å². The molecule has 0 nitrogen and oxygen atoms in total. The third kappa shape index (κ3) is 0.564. The molecule has 8 fully saturated rings. The first-order valence-electron chi connectivity index (χ1n) is 9.93. The van der Waals surface area contributed by atoms with Crippen molar-refractivity contribution in [2.45, 2.75) is 25.7 Å². The highest BCUT2D eigenvalue weighted by Gasteiger charge is 2.84. The summed E-state index contributed by atoms with van der Waals surface area (Å²) in [6.45, 7) is 0. The Hall–Kier alpha value is 0. The first-order valence-corrected chi connectivity index (χ1v) is 9.93. The van der Waals surface area contributed by atoms with Gasteiger partial charge in [0, 0.05) is 0 Å². The lowest BCUT2D eigenvalue weighted by Crippen LogP contribution is -2.47. The van der Waals surface area contributed by atoms with Crippen LogP contribution in [-0.2, 0) is 0 Å². The highest BCUT2D eigenvalue weighted by atomic mass is 14.9. The largest absolute Gasteiger partial charge is 0.0464 e. The van der Waals surface area contributed by atoms with Gasteiger partial charge in [0.25, 0.3) is 0 Å². The molecule has 104 valence electrons. The third-order valence-electron chi connectivity index (χ3n) is 11.9. The van der Waals surface area contributed by atoms with Crippen molar-refractivity contribution in [1.82, 2.24) is 0 Å². The molecule has 0 radical (unpaired) electrons. The zero-order valence-corrected chi connectivity index (χ0v) is 12.1. The van der Waals surface area contributed by atoms with Gasteiger partial charge in [0.15, 0.2) is 0 Å². The van der Waals surface area contributed by atoms with Gasteiger partial charge >= 0.3 is 0 Å². The van der Waals surface area contributed by atoms with Crippen LogP contribution >= 0.6 is 0 Å². The lowest BCUT2D eigenvalue weighted by Gasteiger charge is -2.51. The van der Waals surface area contributed by atoms with E-state index in [1.165, 1.54) is 94.7 Å². The lowest BCUT2D eigenvalue weighted by molar-refractivity contribution is -0.0441. The van der Waals surface area contributed by atoms with Crippen LogP contribution in [-0.4, -0.2) is 0 Å². The summed E-state index contributed by atoms with van der Waals surface area (Å²) in [5, 5.41) is 0. The molecule has 0 heterocycles. The standard InChI is InChI=1S/C20H24/c1-5-13-7-2-8-14(13)6(1)16-10-4-12-18(8)17(7)11-3-9(15(5)16)19(10)20(11)12/h5-20H,1-4H2. The Kier molecular flexibility index (Phi) is 1.05. The van der Waals surface area contributed by atoms with E-state index in [-0.39, 0.29) is 0 Å². The summed E-state index contributed by atoms with van der Waals surface area (Å²) in [5.41, 5.74) is 0. The molecule has 0 N–H and O–H groups in total. The van der Waals surface area contributed by atoms with Crippen LogP contribution in [0.5, 0.6) is 0 Å². The maximum absolute atomic E-state index is 1.74. The fraction of sp³-hybridized carbons (Fsp3) is 1.00. The van der Waals surface area contributed by atoms with Gasteiger partial charge < -0.3 is 0 Å². The van der Waals surface area contributed by atoms with Gasteiger partial charge in [-0.2, -0.15) is 0 Å². The second-order valence-electron chi connectivity index (χ2n) is 10.9. The van der Waals surface area contributed by atoms with Crippen LogP contribution in [0, 0.1) is 94.7 Å². The molecule has 0 aromatic carbocycles. The van der Waals surface area contributed by atoms with Crippen LogP contribution in [0.25, 0.3) is 0 Å². The summed E-state index contributed by atoms with van der Waals surface area (Å²) in [6.07, 6.45) is 6.96. The fourth-order valence-electron chi connectivity index (χ4n) is 12.9. The molecule has 0 atom stereocenters. The quantitative estimate of drug-likeness (QED) is 0.587. The van der Waals surface area contributed by atoms with Crippen molar-refractivity contribution in [3.63, 3.8) is 0 Å². The topological polar surface area (TPSA) is 0 Å². The normalized spacial score (nSPS) is 91.2. The van der Waals surface area contributed by atoms with Gasteiger partial charge in [-0.15, -0.1) is 0 Å². The molecule has 0 heteroatoms. The summed E-state index contributed by atoms with van der Waals surface area (Å²) in [4.78, 5) is 0. The highest BCUT2D eigenvalue weighted by molar-refractivity contribution is 5.31. The van der Waals surface area contributed by atoms with E-state index >= 15 is 0 Å². The molecular formula is C20H24. The number of rotatable bonds is 0. The maximum atomic E-state index is 1.74. The first-order chi connectivity index (χ1) is 9.93. The highest BCUT2D eigenvalue weighted by Crippen LogP contribution is 2.89. The predicted octanol–water partition coefficient (Wildman–Crippen LogP) is 3.53. The summed E-state index contributed by atoms with van der Waals surface area (Å²) in [5.74, 6) is 20.4. The zero-order chi connectivity index (χ0) is 12.1. The molecule has 0 aromatic rings. The summed E-state index contributed by atoms with van der Waals surface area (Å²) < 4.78 is 0. The van der Waals surface area contributed by atoms with Gasteiger partial charge in [-0.1, -0.05) is 0 Å². The molecule has 0 amide bonds. The minimum absolute atomic E-state index is 1.26. The second kappa shape index (κ2) is 2.28. The molecule has 0 spiro atoms. The molecule has 0 saturated heterocycles.